The Morgan fingerprint density at radius 1 is 1.50 bits per heavy atom. The second-order valence-corrected chi connectivity index (χ2v) is 3.55. The van der Waals surface area contributed by atoms with Crippen molar-refractivity contribution in [2.75, 3.05) is 6.61 Å². The average Bonchev–Trinajstić information content (AvgIpc) is 2.38. The van der Waals surface area contributed by atoms with Crippen LogP contribution in [0.3, 0.4) is 0 Å². The number of benzene rings is 1. The molecule has 1 rings (SSSR count). The van der Waals surface area contributed by atoms with Gasteiger partial charge in [-0.05, 0) is 36.2 Å². The van der Waals surface area contributed by atoms with Gasteiger partial charge in [0.15, 0.2) is 0 Å². The summed E-state index contributed by atoms with van der Waals surface area (Å²) in [5.74, 6) is 0.388. The Bertz CT molecular complexity index is 446. The van der Waals surface area contributed by atoms with Crippen LogP contribution in [0.15, 0.2) is 29.4 Å². The van der Waals surface area contributed by atoms with Gasteiger partial charge in [0.1, 0.15) is 12.2 Å². The topological polar surface area (TPSA) is 74.5 Å². The fraction of sp³-hybridized carbons (Fsp3) is 0.308. The van der Waals surface area contributed by atoms with E-state index in [1.54, 1.807) is 6.07 Å². The standard InChI is InChI=1S/C13H15N3O2/c1-2-9-18-12-5-3-11(4-6-12)10-15-16-13(17)7-8-14/h3-6,10H,2,7,9H2,1H3,(H,16,17)/b15-10-. The summed E-state index contributed by atoms with van der Waals surface area (Å²) in [5.41, 5.74) is 3.10. The highest BCUT2D eigenvalue weighted by atomic mass is 16.5. The Morgan fingerprint density at radius 3 is 2.83 bits per heavy atom. The van der Waals surface area contributed by atoms with Crippen molar-refractivity contribution in [2.45, 2.75) is 19.8 Å². The van der Waals surface area contributed by atoms with Crippen molar-refractivity contribution >= 4 is 12.1 Å². The van der Waals surface area contributed by atoms with Crippen molar-refractivity contribution in [1.82, 2.24) is 5.43 Å². The molecule has 5 heteroatoms. The Hall–Kier alpha value is -2.35. The highest BCUT2D eigenvalue weighted by molar-refractivity contribution is 5.83. The number of rotatable bonds is 6. The summed E-state index contributed by atoms with van der Waals surface area (Å²) in [7, 11) is 0. The minimum Gasteiger partial charge on any atom is -0.494 e. The summed E-state index contributed by atoms with van der Waals surface area (Å²) in [5, 5.41) is 12.0. The van der Waals surface area contributed by atoms with E-state index in [0.717, 1.165) is 17.7 Å². The molecule has 18 heavy (non-hydrogen) atoms. The number of ether oxygens (including phenoxy) is 1. The Kier molecular flexibility index (Phi) is 5.98. The molecule has 0 saturated carbocycles. The van der Waals surface area contributed by atoms with Gasteiger partial charge in [0.25, 0.3) is 5.91 Å². The molecule has 0 aliphatic carbocycles. The van der Waals surface area contributed by atoms with Crippen LogP contribution in [0.5, 0.6) is 5.75 Å². The van der Waals surface area contributed by atoms with Gasteiger partial charge in [0, 0.05) is 0 Å². The summed E-state index contributed by atoms with van der Waals surface area (Å²) in [6.07, 6.45) is 2.29. The molecule has 1 amide bonds. The minimum absolute atomic E-state index is 0.193. The monoisotopic (exact) mass is 245 g/mol. The third kappa shape index (κ3) is 5.12. The number of nitrogens with zero attached hydrogens (tertiary/aromatic N) is 2. The average molecular weight is 245 g/mol. The first-order valence-corrected chi connectivity index (χ1v) is 5.68. The Labute approximate surface area is 106 Å². The first-order chi connectivity index (χ1) is 8.76. The predicted molar refractivity (Wildman–Crippen MR) is 68.2 cm³/mol. The van der Waals surface area contributed by atoms with E-state index in [1.807, 2.05) is 31.2 Å². The Morgan fingerprint density at radius 2 is 2.22 bits per heavy atom. The Balaban J connectivity index is 2.46. The zero-order chi connectivity index (χ0) is 13.2. The van der Waals surface area contributed by atoms with E-state index >= 15 is 0 Å². The van der Waals surface area contributed by atoms with Crippen molar-refractivity contribution in [3.05, 3.63) is 29.8 Å². The lowest BCUT2D eigenvalue weighted by atomic mass is 10.2. The van der Waals surface area contributed by atoms with Gasteiger partial charge in [-0.1, -0.05) is 6.92 Å². The van der Waals surface area contributed by atoms with Crippen molar-refractivity contribution < 1.29 is 9.53 Å². The molecule has 1 N–H and O–H groups in total. The summed E-state index contributed by atoms with van der Waals surface area (Å²) in [6.45, 7) is 2.74. The predicted octanol–water partition coefficient (Wildman–Crippen LogP) is 1.84. The van der Waals surface area contributed by atoms with Crippen LogP contribution in [0, 0.1) is 11.3 Å². The minimum atomic E-state index is -0.420. The van der Waals surface area contributed by atoms with Gasteiger partial charge in [0.05, 0.1) is 18.9 Å². The molecule has 1 aromatic rings. The molecule has 0 heterocycles. The van der Waals surface area contributed by atoms with Crippen LogP contribution in [0.1, 0.15) is 25.3 Å². The molecular formula is C13H15N3O2. The third-order valence-electron chi connectivity index (χ3n) is 2.00. The molecule has 0 aliphatic heterocycles. The molecule has 0 aliphatic rings. The van der Waals surface area contributed by atoms with Crippen LogP contribution in [0.25, 0.3) is 0 Å². The molecular weight excluding hydrogens is 230 g/mol. The zero-order valence-electron chi connectivity index (χ0n) is 10.2. The van der Waals surface area contributed by atoms with E-state index in [4.69, 9.17) is 10.00 Å². The van der Waals surface area contributed by atoms with Crippen molar-refractivity contribution in [1.29, 1.82) is 5.26 Å². The number of hydrogen-bond acceptors (Lipinski definition) is 4. The number of hydrazone groups is 1. The summed E-state index contributed by atoms with van der Waals surface area (Å²) >= 11 is 0. The smallest absolute Gasteiger partial charge is 0.254 e. The maximum Gasteiger partial charge on any atom is 0.254 e. The number of nitrogens with one attached hydrogen (secondary N) is 1. The second kappa shape index (κ2) is 7.85. The van der Waals surface area contributed by atoms with Crippen molar-refractivity contribution in [3.8, 4) is 11.8 Å². The largest absolute Gasteiger partial charge is 0.494 e. The molecule has 1 aromatic carbocycles. The van der Waals surface area contributed by atoms with E-state index in [0.29, 0.717) is 6.61 Å². The van der Waals surface area contributed by atoms with Crippen molar-refractivity contribution in [3.63, 3.8) is 0 Å². The SMILES string of the molecule is CCCOc1ccc(/C=N\NC(=O)CC#N)cc1. The molecule has 0 fully saturated rings. The van der Waals surface area contributed by atoms with E-state index in [9.17, 15) is 4.79 Å². The second-order valence-electron chi connectivity index (χ2n) is 3.55. The maximum absolute atomic E-state index is 10.9. The number of carbonyl (C=O) groups excluding carboxylic acids is 1. The molecule has 94 valence electrons. The molecule has 5 nitrogen and oxygen atoms in total. The van der Waals surface area contributed by atoms with E-state index in [1.165, 1.54) is 6.21 Å². The van der Waals surface area contributed by atoms with Gasteiger partial charge in [-0.2, -0.15) is 10.4 Å². The number of hydrogen-bond donors (Lipinski definition) is 1. The van der Waals surface area contributed by atoms with E-state index in [2.05, 4.69) is 10.5 Å². The molecule has 0 saturated heterocycles. The van der Waals surface area contributed by atoms with Crippen LogP contribution in [-0.4, -0.2) is 18.7 Å². The number of amides is 1. The van der Waals surface area contributed by atoms with Gasteiger partial charge < -0.3 is 4.74 Å². The summed E-state index contributed by atoms with van der Waals surface area (Å²) in [6, 6.07) is 9.10. The molecule has 0 unspecified atom stereocenters. The van der Waals surface area contributed by atoms with E-state index < -0.39 is 5.91 Å². The quantitative estimate of drug-likeness (QED) is 0.613. The van der Waals surface area contributed by atoms with Gasteiger partial charge in [-0.3, -0.25) is 4.79 Å². The number of nitriles is 1. The van der Waals surface area contributed by atoms with Crippen LogP contribution < -0.4 is 10.2 Å². The molecule has 0 spiro atoms. The first-order valence-electron chi connectivity index (χ1n) is 5.68. The highest BCUT2D eigenvalue weighted by Gasteiger charge is 1.96. The first kappa shape index (κ1) is 13.7. The van der Waals surface area contributed by atoms with Gasteiger partial charge >= 0.3 is 0 Å². The third-order valence-corrected chi connectivity index (χ3v) is 2.00. The fourth-order valence-corrected chi connectivity index (χ4v) is 1.16. The molecule has 0 aromatic heterocycles. The van der Waals surface area contributed by atoms with Crippen LogP contribution in [-0.2, 0) is 4.79 Å². The van der Waals surface area contributed by atoms with Crippen LogP contribution in [0.2, 0.25) is 0 Å². The highest BCUT2D eigenvalue weighted by Crippen LogP contribution is 2.11. The zero-order valence-corrected chi connectivity index (χ0v) is 10.2. The summed E-state index contributed by atoms with van der Waals surface area (Å²) < 4.78 is 5.43. The van der Waals surface area contributed by atoms with Gasteiger partial charge in [-0.15, -0.1) is 0 Å². The van der Waals surface area contributed by atoms with Gasteiger partial charge in [-0.25, -0.2) is 5.43 Å². The molecule has 0 atom stereocenters. The fourth-order valence-electron chi connectivity index (χ4n) is 1.16. The number of carbonyl (C=O) groups is 1. The normalized spacial score (nSPS) is 10.0. The summed E-state index contributed by atoms with van der Waals surface area (Å²) in [4.78, 5) is 10.9. The van der Waals surface area contributed by atoms with Crippen LogP contribution in [0.4, 0.5) is 0 Å². The van der Waals surface area contributed by atoms with Gasteiger partial charge in [0.2, 0.25) is 0 Å². The van der Waals surface area contributed by atoms with E-state index in [-0.39, 0.29) is 6.42 Å². The maximum atomic E-state index is 10.9. The lowest BCUT2D eigenvalue weighted by molar-refractivity contribution is -0.120. The lowest BCUT2D eigenvalue weighted by Crippen LogP contribution is -2.16. The van der Waals surface area contributed by atoms with Crippen LogP contribution >= 0.6 is 0 Å². The molecule has 0 radical (unpaired) electrons. The molecule has 0 bridgehead atoms. The lowest BCUT2D eigenvalue weighted by Gasteiger charge is -2.03. The van der Waals surface area contributed by atoms with Crippen molar-refractivity contribution in [2.24, 2.45) is 5.10 Å².